The Balaban J connectivity index is 2.28. The Morgan fingerprint density at radius 1 is 1.39 bits per heavy atom. The van der Waals surface area contributed by atoms with Crippen LogP contribution < -0.4 is 5.32 Å². The van der Waals surface area contributed by atoms with Crippen LogP contribution in [0.1, 0.15) is 44.2 Å². The van der Waals surface area contributed by atoms with E-state index in [4.69, 9.17) is 11.6 Å². The molecule has 0 aromatic heterocycles. The molecule has 1 atom stereocenters. The third-order valence-electron chi connectivity index (χ3n) is 3.38. The molecule has 1 aromatic carbocycles. The van der Waals surface area contributed by atoms with Gasteiger partial charge in [0.2, 0.25) is 0 Å². The summed E-state index contributed by atoms with van der Waals surface area (Å²) in [4.78, 5) is 0. The van der Waals surface area contributed by atoms with Crippen LogP contribution in [-0.2, 0) is 0 Å². The summed E-state index contributed by atoms with van der Waals surface area (Å²) in [7, 11) is 0. The first-order valence-corrected chi connectivity index (χ1v) is 7.76. The van der Waals surface area contributed by atoms with Crippen molar-refractivity contribution in [1.82, 2.24) is 5.32 Å². The van der Waals surface area contributed by atoms with E-state index >= 15 is 0 Å². The van der Waals surface area contributed by atoms with Gasteiger partial charge in [-0.2, -0.15) is 0 Å². The molecule has 2 rings (SSSR count). The SMILES string of the molecule is CCNC(C1=CCCCC1)c1ccc(Cl)c(Br)c1. The van der Waals surface area contributed by atoms with Crippen LogP contribution in [0.15, 0.2) is 34.3 Å². The molecule has 0 aliphatic heterocycles. The number of nitrogens with one attached hydrogen (secondary N) is 1. The second-order valence-electron chi connectivity index (χ2n) is 4.69. The van der Waals surface area contributed by atoms with Crippen molar-refractivity contribution in [1.29, 1.82) is 0 Å². The zero-order valence-electron chi connectivity index (χ0n) is 10.7. The highest BCUT2D eigenvalue weighted by molar-refractivity contribution is 9.10. The largest absolute Gasteiger partial charge is 0.307 e. The molecular weight excluding hydrogens is 310 g/mol. The van der Waals surface area contributed by atoms with Crippen molar-refractivity contribution in [3.8, 4) is 0 Å². The molecule has 0 saturated heterocycles. The third-order valence-corrected chi connectivity index (χ3v) is 4.60. The smallest absolute Gasteiger partial charge is 0.0548 e. The summed E-state index contributed by atoms with van der Waals surface area (Å²) in [5.74, 6) is 0. The Bertz CT molecular complexity index is 442. The molecule has 0 saturated carbocycles. The van der Waals surface area contributed by atoms with Crippen LogP contribution in [-0.4, -0.2) is 6.54 Å². The number of allylic oxidation sites excluding steroid dienone is 1. The van der Waals surface area contributed by atoms with E-state index in [1.807, 2.05) is 6.07 Å². The lowest BCUT2D eigenvalue weighted by Crippen LogP contribution is -2.23. The maximum absolute atomic E-state index is 6.07. The first-order valence-electron chi connectivity index (χ1n) is 6.59. The molecule has 1 aromatic rings. The second-order valence-corrected chi connectivity index (χ2v) is 5.95. The van der Waals surface area contributed by atoms with Crippen LogP contribution in [0.4, 0.5) is 0 Å². The quantitative estimate of drug-likeness (QED) is 0.744. The number of hydrogen-bond acceptors (Lipinski definition) is 1. The molecule has 1 aliphatic rings. The van der Waals surface area contributed by atoms with Gasteiger partial charge in [-0.1, -0.05) is 36.2 Å². The van der Waals surface area contributed by atoms with Crippen molar-refractivity contribution in [2.45, 2.75) is 38.6 Å². The van der Waals surface area contributed by atoms with Gasteiger partial charge in [0, 0.05) is 4.47 Å². The molecule has 0 heterocycles. The molecule has 1 nitrogen and oxygen atoms in total. The standard InChI is InChI=1S/C15H19BrClN/c1-2-18-15(11-6-4-3-5-7-11)12-8-9-14(17)13(16)10-12/h6,8-10,15,18H,2-5,7H2,1H3. The number of halogens is 2. The lowest BCUT2D eigenvalue weighted by Gasteiger charge is -2.25. The molecule has 1 aliphatic carbocycles. The summed E-state index contributed by atoms with van der Waals surface area (Å²) in [6.45, 7) is 3.13. The fraction of sp³-hybridized carbons (Fsp3) is 0.467. The average molecular weight is 329 g/mol. The van der Waals surface area contributed by atoms with Crippen molar-refractivity contribution in [3.63, 3.8) is 0 Å². The van der Waals surface area contributed by atoms with Gasteiger partial charge in [0.1, 0.15) is 0 Å². The van der Waals surface area contributed by atoms with Gasteiger partial charge in [-0.25, -0.2) is 0 Å². The summed E-state index contributed by atoms with van der Waals surface area (Å²) < 4.78 is 0.973. The predicted octanol–water partition coefficient (Wildman–Crippen LogP) is 5.25. The molecule has 98 valence electrons. The molecule has 0 spiro atoms. The Morgan fingerprint density at radius 3 is 2.83 bits per heavy atom. The second kappa shape index (κ2) is 6.74. The lowest BCUT2D eigenvalue weighted by atomic mass is 9.90. The molecule has 0 bridgehead atoms. The van der Waals surface area contributed by atoms with Crippen molar-refractivity contribution in [2.75, 3.05) is 6.54 Å². The van der Waals surface area contributed by atoms with Gasteiger partial charge in [0.15, 0.2) is 0 Å². The lowest BCUT2D eigenvalue weighted by molar-refractivity contribution is 0.564. The summed E-state index contributed by atoms with van der Waals surface area (Å²) in [6.07, 6.45) is 7.46. The highest BCUT2D eigenvalue weighted by Gasteiger charge is 2.17. The van der Waals surface area contributed by atoms with Crippen LogP contribution >= 0.6 is 27.5 Å². The third kappa shape index (κ3) is 3.37. The fourth-order valence-corrected chi connectivity index (χ4v) is 3.00. The van der Waals surface area contributed by atoms with E-state index in [1.165, 1.54) is 36.8 Å². The van der Waals surface area contributed by atoms with E-state index in [-0.39, 0.29) is 0 Å². The van der Waals surface area contributed by atoms with Gasteiger partial charge in [0.25, 0.3) is 0 Å². The topological polar surface area (TPSA) is 12.0 Å². The Labute approximate surface area is 123 Å². The molecule has 1 N–H and O–H groups in total. The maximum Gasteiger partial charge on any atom is 0.0548 e. The zero-order chi connectivity index (χ0) is 13.0. The van der Waals surface area contributed by atoms with Crippen LogP contribution in [0.2, 0.25) is 5.02 Å². The van der Waals surface area contributed by atoms with Crippen LogP contribution in [0, 0.1) is 0 Å². The maximum atomic E-state index is 6.07. The molecule has 18 heavy (non-hydrogen) atoms. The minimum absolute atomic E-state index is 0.337. The Morgan fingerprint density at radius 2 is 2.22 bits per heavy atom. The minimum atomic E-state index is 0.337. The highest BCUT2D eigenvalue weighted by Crippen LogP contribution is 2.33. The minimum Gasteiger partial charge on any atom is -0.307 e. The van der Waals surface area contributed by atoms with Crippen molar-refractivity contribution in [3.05, 3.63) is 44.9 Å². The summed E-state index contributed by atoms with van der Waals surface area (Å²) >= 11 is 9.58. The van der Waals surface area contributed by atoms with E-state index in [0.29, 0.717) is 6.04 Å². The number of rotatable bonds is 4. The normalized spacial score (nSPS) is 17.4. The number of hydrogen-bond donors (Lipinski definition) is 1. The van der Waals surface area contributed by atoms with Crippen LogP contribution in [0.25, 0.3) is 0 Å². The summed E-state index contributed by atoms with van der Waals surface area (Å²) in [5, 5.41) is 4.35. The zero-order valence-corrected chi connectivity index (χ0v) is 13.0. The van der Waals surface area contributed by atoms with E-state index in [2.05, 4.69) is 46.4 Å². The number of benzene rings is 1. The molecule has 0 fully saturated rings. The van der Waals surface area contributed by atoms with Crippen LogP contribution in [0.3, 0.4) is 0 Å². The monoisotopic (exact) mass is 327 g/mol. The molecule has 0 amide bonds. The average Bonchev–Trinajstić information content (AvgIpc) is 2.40. The van der Waals surface area contributed by atoms with Crippen LogP contribution in [0.5, 0.6) is 0 Å². The summed E-state index contributed by atoms with van der Waals surface area (Å²) in [5.41, 5.74) is 2.82. The van der Waals surface area contributed by atoms with Crippen molar-refractivity contribution in [2.24, 2.45) is 0 Å². The van der Waals surface area contributed by atoms with Crippen molar-refractivity contribution < 1.29 is 0 Å². The Kier molecular flexibility index (Phi) is 5.28. The van der Waals surface area contributed by atoms with Gasteiger partial charge < -0.3 is 5.32 Å². The Hall–Kier alpha value is -0.310. The molecule has 0 radical (unpaired) electrons. The van der Waals surface area contributed by atoms with Gasteiger partial charge in [0.05, 0.1) is 11.1 Å². The molecular formula is C15H19BrClN. The summed E-state index contributed by atoms with van der Waals surface area (Å²) in [6, 6.07) is 6.55. The first kappa shape index (κ1) is 14.1. The number of likely N-dealkylation sites (N-methyl/N-ethyl adjacent to an activating group) is 1. The van der Waals surface area contributed by atoms with E-state index in [9.17, 15) is 0 Å². The first-order chi connectivity index (χ1) is 8.72. The molecule has 1 unspecified atom stereocenters. The van der Waals surface area contributed by atoms with E-state index in [0.717, 1.165) is 16.0 Å². The van der Waals surface area contributed by atoms with Gasteiger partial charge in [-0.3, -0.25) is 0 Å². The van der Waals surface area contributed by atoms with Gasteiger partial charge in [-0.15, -0.1) is 0 Å². The highest BCUT2D eigenvalue weighted by atomic mass is 79.9. The fourth-order valence-electron chi connectivity index (χ4n) is 2.48. The van der Waals surface area contributed by atoms with Gasteiger partial charge >= 0.3 is 0 Å². The molecule has 3 heteroatoms. The van der Waals surface area contributed by atoms with E-state index in [1.54, 1.807) is 0 Å². The van der Waals surface area contributed by atoms with Crippen molar-refractivity contribution >= 4 is 27.5 Å². The predicted molar refractivity (Wildman–Crippen MR) is 82.1 cm³/mol. The van der Waals surface area contributed by atoms with E-state index < -0.39 is 0 Å². The van der Waals surface area contributed by atoms with Gasteiger partial charge in [-0.05, 0) is 65.9 Å².